The molecule has 4 rings (SSSR count). The maximum Gasteiger partial charge on any atom is 0.289 e. The van der Waals surface area contributed by atoms with E-state index in [0.717, 1.165) is 0 Å². The fourth-order valence-electron chi connectivity index (χ4n) is 3.95. The molecule has 1 fully saturated rings. The van der Waals surface area contributed by atoms with Crippen molar-refractivity contribution in [2.24, 2.45) is 0 Å². The number of carbonyl (C=O) groups is 1. The Hall–Kier alpha value is -2.99. The summed E-state index contributed by atoms with van der Waals surface area (Å²) in [5.41, 5.74) is 2.69. The molecule has 0 saturated carbocycles. The van der Waals surface area contributed by atoms with E-state index in [1.54, 1.807) is 23.1 Å². The summed E-state index contributed by atoms with van der Waals surface area (Å²) in [7, 11) is 4.08. The number of aryl methyl sites for hydroxylation is 1. The van der Waals surface area contributed by atoms with Crippen LogP contribution < -0.4 is 5.56 Å². The second kappa shape index (κ2) is 7.20. The molecule has 1 N–H and O–H groups in total. The van der Waals surface area contributed by atoms with E-state index >= 15 is 0 Å². The van der Waals surface area contributed by atoms with Crippen LogP contribution in [0.5, 0.6) is 0 Å². The molecular formula is C22H24N4O2. The van der Waals surface area contributed by atoms with Crippen molar-refractivity contribution in [3.05, 3.63) is 75.8 Å². The number of amides is 1. The van der Waals surface area contributed by atoms with Gasteiger partial charge in [0.2, 0.25) is 0 Å². The summed E-state index contributed by atoms with van der Waals surface area (Å²) in [5.74, 6) is 0.0850. The number of benzene rings is 2. The second-order valence-corrected chi connectivity index (χ2v) is 7.69. The lowest BCUT2D eigenvalue weighted by Gasteiger charge is -2.25. The van der Waals surface area contributed by atoms with E-state index in [-0.39, 0.29) is 29.3 Å². The van der Waals surface area contributed by atoms with E-state index in [9.17, 15) is 9.59 Å². The van der Waals surface area contributed by atoms with Crippen molar-refractivity contribution in [1.82, 2.24) is 19.8 Å². The van der Waals surface area contributed by atoms with E-state index in [1.807, 2.05) is 20.2 Å². The molecule has 0 radical (unpaired) electrons. The van der Waals surface area contributed by atoms with Crippen LogP contribution in [0.3, 0.4) is 0 Å². The predicted molar refractivity (Wildman–Crippen MR) is 110 cm³/mol. The van der Waals surface area contributed by atoms with Crippen LogP contribution in [0.4, 0.5) is 0 Å². The molecule has 0 spiro atoms. The van der Waals surface area contributed by atoms with Crippen LogP contribution in [0.1, 0.15) is 27.7 Å². The number of aromatic amines is 1. The Balaban J connectivity index is 1.65. The highest BCUT2D eigenvalue weighted by molar-refractivity contribution is 5.93. The summed E-state index contributed by atoms with van der Waals surface area (Å²) in [5, 5.41) is 0.490. The highest BCUT2D eigenvalue weighted by atomic mass is 16.2. The van der Waals surface area contributed by atoms with Crippen molar-refractivity contribution >= 4 is 16.8 Å². The topological polar surface area (TPSA) is 69.3 Å². The van der Waals surface area contributed by atoms with Gasteiger partial charge in [-0.15, -0.1) is 0 Å². The zero-order chi connectivity index (χ0) is 19.8. The lowest BCUT2D eigenvalue weighted by Crippen LogP contribution is -2.36. The zero-order valence-corrected chi connectivity index (χ0v) is 16.3. The molecule has 0 aliphatic carbocycles. The Bertz CT molecular complexity index is 1070. The van der Waals surface area contributed by atoms with Gasteiger partial charge >= 0.3 is 0 Å². The number of aromatic nitrogens is 2. The third-order valence-electron chi connectivity index (χ3n) is 5.56. The fraction of sp³-hybridized carbons (Fsp3) is 0.318. The average Bonchev–Trinajstić information content (AvgIpc) is 3.13. The molecule has 1 aromatic heterocycles. The minimum absolute atomic E-state index is 0.103. The summed E-state index contributed by atoms with van der Waals surface area (Å²) in [6.45, 7) is 3.27. The van der Waals surface area contributed by atoms with Crippen LogP contribution in [0, 0.1) is 6.92 Å². The van der Waals surface area contributed by atoms with Crippen LogP contribution in [0.25, 0.3) is 10.9 Å². The third-order valence-corrected chi connectivity index (χ3v) is 5.56. The number of H-pyrrole nitrogens is 1. The first-order valence-electron chi connectivity index (χ1n) is 9.45. The molecule has 1 saturated heterocycles. The Kier molecular flexibility index (Phi) is 4.73. The summed E-state index contributed by atoms with van der Waals surface area (Å²) < 4.78 is 0. The Morgan fingerprint density at radius 2 is 1.82 bits per heavy atom. The number of para-hydroxylation sites is 1. The molecule has 1 aliphatic heterocycles. The van der Waals surface area contributed by atoms with E-state index in [0.29, 0.717) is 24.0 Å². The summed E-state index contributed by atoms with van der Waals surface area (Å²) in [6.07, 6.45) is 0. The van der Waals surface area contributed by atoms with Gasteiger partial charge in [-0.25, -0.2) is 4.98 Å². The molecule has 1 amide bonds. The van der Waals surface area contributed by atoms with Crippen LogP contribution >= 0.6 is 0 Å². The monoisotopic (exact) mass is 376 g/mol. The number of carbonyl (C=O) groups excluding carboxylic acids is 1. The van der Waals surface area contributed by atoms with Gasteiger partial charge in [0.15, 0.2) is 5.82 Å². The number of hydrogen-bond donors (Lipinski definition) is 1. The van der Waals surface area contributed by atoms with Gasteiger partial charge in [0.05, 0.1) is 10.9 Å². The number of nitrogens with one attached hydrogen (secondary N) is 1. The van der Waals surface area contributed by atoms with Crippen LogP contribution in [0.2, 0.25) is 0 Å². The number of nitrogens with zero attached hydrogens (tertiary/aromatic N) is 3. The number of hydrogen-bond acceptors (Lipinski definition) is 4. The minimum atomic E-state index is -0.285. The third kappa shape index (κ3) is 3.31. The number of likely N-dealkylation sites (tertiary alicyclic amines) is 1. The van der Waals surface area contributed by atoms with E-state index in [4.69, 9.17) is 0 Å². The first kappa shape index (κ1) is 18.4. The van der Waals surface area contributed by atoms with Crippen molar-refractivity contribution in [2.75, 3.05) is 27.2 Å². The standard InChI is InChI=1S/C22H24N4O2/c1-14-8-10-15(11-9-14)17-12-26(13-19(17)25(2)3)22(28)20-23-18-7-5-4-6-16(18)21(27)24-20/h4-11,17,19H,12-13H2,1-3H3,(H,23,24,27)/t17-,19+/m1/s1. The van der Waals surface area contributed by atoms with E-state index < -0.39 is 0 Å². The van der Waals surface area contributed by atoms with E-state index in [2.05, 4.69) is 46.1 Å². The van der Waals surface area contributed by atoms with Crippen molar-refractivity contribution in [3.8, 4) is 0 Å². The van der Waals surface area contributed by atoms with Crippen LogP contribution in [-0.2, 0) is 0 Å². The Morgan fingerprint density at radius 3 is 2.54 bits per heavy atom. The van der Waals surface area contributed by atoms with Gasteiger partial charge in [0, 0.05) is 25.0 Å². The maximum atomic E-state index is 13.1. The number of rotatable bonds is 3. The first-order valence-corrected chi connectivity index (χ1v) is 9.45. The summed E-state index contributed by atoms with van der Waals surface area (Å²) in [6, 6.07) is 15.8. The molecule has 2 atom stereocenters. The smallest absolute Gasteiger partial charge is 0.289 e. The molecule has 0 bridgehead atoms. The van der Waals surface area contributed by atoms with Gasteiger partial charge in [-0.1, -0.05) is 42.0 Å². The molecule has 1 aliphatic rings. The Morgan fingerprint density at radius 1 is 1.11 bits per heavy atom. The van der Waals surface area contributed by atoms with Gasteiger partial charge in [-0.3, -0.25) is 9.59 Å². The molecule has 0 unspecified atom stereocenters. The van der Waals surface area contributed by atoms with E-state index in [1.165, 1.54) is 11.1 Å². The van der Waals surface area contributed by atoms with Crippen molar-refractivity contribution in [1.29, 1.82) is 0 Å². The molecular weight excluding hydrogens is 352 g/mol. The second-order valence-electron chi connectivity index (χ2n) is 7.69. The first-order chi connectivity index (χ1) is 13.4. The van der Waals surface area contributed by atoms with Crippen molar-refractivity contribution in [2.45, 2.75) is 18.9 Å². The lowest BCUT2D eigenvalue weighted by molar-refractivity contribution is 0.0770. The maximum absolute atomic E-state index is 13.1. The minimum Gasteiger partial charge on any atom is -0.334 e. The predicted octanol–water partition coefficient (Wildman–Crippen LogP) is 2.40. The lowest BCUT2D eigenvalue weighted by atomic mass is 9.93. The SMILES string of the molecule is Cc1ccc([C@H]2CN(C(=O)c3nc4ccccc4c(=O)[nH]3)C[C@@H]2N(C)C)cc1. The normalized spacial score (nSPS) is 19.5. The molecule has 28 heavy (non-hydrogen) atoms. The number of fused-ring (bicyclic) bond motifs is 1. The quantitative estimate of drug-likeness (QED) is 0.762. The van der Waals surface area contributed by atoms with Crippen molar-refractivity contribution in [3.63, 3.8) is 0 Å². The number of likely N-dealkylation sites (N-methyl/N-ethyl adjacent to an activating group) is 1. The fourth-order valence-corrected chi connectivity index (χ4v) is 3.95. The van der Waals surface area contributed by atoms with Crippen LogP contribution in [0.15, 0.2) is 53.3 Å². The van der Waals surface area contributed by atoms with Gasteiger partial charge in [-0.2, -0.15) is 0 Å². The van der Waals surface area contributed by atoms with Gasteiger partial charge in [0.25, 0.3) is 11.5 Å². The highest BCUT2D eigenvalue weighted by Gasteiger charge is 2.38. The molecule has 6 nitrogen and oxygen atoms in total. The molecule has 3 aromatic rings. The largest absolute Gasteiger partial charge is 0.334 e. The molecule has 6 heteroatoms. The molecule has 2 aromatic carbocycles. The highest BCUT2D eigenvalue weighted by Crippen LogP contribution is 2.31. The molecule has 2 heterocycles. The Labute approximate surface area is 163 Å². The average molecular weight is 376 g/mol. The summed E-state index contributed by atoms with van der Waals surface area (Å²) >= 11 is 0. The van der Waals surface area contributed by atoms with Gasteiger partial charge in [-0.05, 0) is 38.7 Å². The summed E-state index contributed by atoms with van der Waals surface area (Å²) in [4.78, 5) is 36.5. The van der Waals surface area contributed by atoms with Gasteiger partial charge in [0.1, 0.15) is 0 Å². The van der Waals surface area contributed by atoms with Crippen molar-refractivity contribution < 1.29 is 4.79 Å². The molecule has 144 valence electrons. The zero-order valence-electron chi connectivity index (χ0n) is 16.3. The van der Waals surface area contributed by atoms with Crippen LogP contribution in [-0.4, -0.2) is 58.9 Å². The van der Waals surface area contributed by atoms with Gasteiger partial charge < -0.3 is 14.8 Å².